The largest absolute Gasteiger partial charge is 0.623 e. The summed E-state index contributed by atoms with van der Waals surface area (Å²) in [6, 6.07) is -0.214. The van der Waals surface area contributed by atoms with E-state index >= 15 is 0 Å². The van der Waals surface area contributed by atoms with Crippen molar-refractivity contribution in [3.8, 4) is 0 Å². The molecule has 176 valence electrons. The number of piperidine rings is 2. The second kappa shape index (κ2) is 5.73. The highest BCUT2D eigenvalue weighted by molar-refractivity contribution is 6.12. The van der Waals surface area contributed by atoms with Crippen molar-refractivity contribution in [3.63, 3.8) is 0 Å². The third-order valence-corrected chi connectivity index (χ3v) is 10.1. The van der Waals surface area contributed by atoms with E-state index in [4.69, 9.17) is 4.74 Å². The lowest BCUT2D eigenvalue weighted by Gasteiger charge is -2.62. The van der Waals surface area contributed by atoms with E-state index in [1.807, 2.05) is 11.0 Å². The van der Waals surface area contributed by atoms with Gasteiger partial charge in [-0.05, 0) is 65.9 Å². The van der Waals surface area contributed by atoms with E-state index in [9.17, 15) is 14.8 Å². The van der Waals surface area contributed by atoms with Gasteiger partial charge in [0.05, 0.1) is 29.0 Å². The molecule has 7 heteroatoms. The van der Waals surface area contributed by atoms with E-state index in [1.54, 1.807) is 0 Å². The van der Waals surface area contributed by atoms with Gasteiger partial charge in [-0.2, -0.15) is 0 Å². The maximum atomic E-state index is 14.0. The van der Waals surface area contributed by atoms with Gasteiger partial charge in [-0.1, -0.05) is 12.2 Å². The molecule has 0 aromatic carbocycles. The van der Waals surface area contributed by atoms with Crippen LogP contribution in [-0.2, 0) is 14.3 Å². The fourth-order valence-corrected chi connectivity index (χ4v) is 8.75. The molecule has 33 heavy (non-hydrogen) atoms. The number of ether oxygens (including phenoxy) is 1. The molecule has 1 saturated carbocycles. The van der Waals surface area contributed by atoms with Crippen LogP contribution >= 0.6 is 0 Å². The summed E-state index contributed by atoms with van der Waals surface area (Å²) in [6.45, 7) is 9.02. The summed E-state index contributed by atoms with van der Waals surface area (Å²) in [7, 11) is 0. The normalized spacial score (nSPS) is 47.9. The highest BCUT2D eigenvalue weighted by Gasteiger charge is 2.74. The zero-order valence-electron chi connectivity index (χ0n) is 19.9. The second-order valence-electron chi connectivity index (χ2n) is 12.5. The number of hydrogen-bond acceptors (Lipinski definition) is 4. The summed E-state index contributed by atoms with van der Waals surface area (Å²) in [5.41, 5.74) is -0.755. The van der Waals surface area contributed by atoms with Crippen molar-refractivity contribution in [2.75, 3.05) is 6.54 Å². The number of piperazine rings is 1. The lowest BCUT2D eigenvalue weighted by Crippen LogP contribution is -2.83. The third-order valence-electron chi connectivity index (χ3n) is 10.1. The van der Waals surface area contributed by atoms with Crippen LogP contribution in [0.3, 0.4) is 0 Å². The number of fused-ring (bicyclic) bond motifs is 6. The summed E-state index contributed by atoms with van der Waals surface area (Å²) in [5.74, 6) is 0.00201. The van der Waals surface area contributed by atoms with Crippen LogP contribution in [0.1, 0.15) is 59.8 Å². The molecule has 7 unspecified atom stereocenters. The van der Waals surface area contributed by atoms with E-state index < -0.39 is 16.5 Å². The Hall–Kier alpha value is -2.15. The standard InChI is InChI=1S/C26H33N3O4/c1-23(2)10-8-15-17(33-23)7-6-14-16-12-26-18(24(3,4)20(16)29(32)19(14)15)13-25(21(30)27-26)9-5-11-28(25)22(26)31/h8,10,12,14-15,17-19H,5-7,9,11,13H2,1-4H3,(H,27,30). The molecule has 8 rings (SSSR count). The van der Waals surface area contributed by atoms with Gasteiger partial charge < -0.3 is 20.2 Å². The first-order valence-corrected chi connectivity index (χ1v) is 12.6. The highest BCUT2D eigenvalue weighted by Crippen LogP contribution is 2.60. The molecule has 7 nitrogen and oxygen atoms in total. The molecule has 0 aromatic rings. The van der Waals surface area contributed by atoms with Gasteiger partial charge in [0.1, 0.15) is 11.1 Å². The van der Waals surface area contributed by atoms with E-state index in [0.717, 1.165) is 30.5 Å². The predicted octanol–water partition coefficient (Wildman–Crippen LogP) is 2.30. The van der Waals surface area contributed by atoms with E-state index in [1.165, 1.54) is 4.74 Å². The molecule has 2 bridgehead atoms. The number of carbonyl (C=O) groups is 2. The summed E-state index contributed by atoms with van der Waals surface area (Å²) in [5, 5.41) is 17.2. The monoisotopic (exact) mass is 451 g/mol. The molecular formula is C26H33N3O4. The fourth-order valence-electron chi connectivity index (χ4n) is 8.75. The molecule has 6 heterocycles. The summed E-state index contributed by atoms with van der Waals surface area (Å²) in [6.07, 6.45) is 10.3. The van der Waals surface area contributed by atoms with Gasteiger partial charge in [-0.25, -0.2) is 4.74 Å². The smallest absolute Gasteiger partial charge is 0.253 e. The number of nitrogens with one attached hydrogen (secondary N) is 1. The summed E-state index contributed by atoms with van der Waals surface area (Å²) in [4.78, 5) is 29.1. The lowest BCUT2D eigenvalue weighted by molar-refractivity contribution is -0.517. The second-order valence-corrected chi connectivity index (χ2v) is 12.5. The number of amides is 2. The van der Waals surface area contributed by atoms with Gasteiger partial charge in [0, 0.05) is 18.0 Å². The quantitative estimate of drug-likeness (QED) is 0.348. The SMILES string of the molecule is CC1(C)C=CC2C(CCC3C4=CC56NC(=O)C7(CCCN7C5=O)CC6C(C)(C)C4=[N+]([O-])C32)O1. The Labute approximate surface area is 194 Å². The van der Waals surface area contributed by atoms with Crippen LogP contribution in [-0.4, -0.2) is 62.5 Å². The summed E-state index contributed by atoms with van der Waals surface area (Å²) < 4.78 is 7.65. The van der Waals surface area contributed by atoms with Gasteiger partial charge >= 0.3 is 0 Å². The minimum Gasteiger partial charge on any atom is -0.623 e. The number of carbonyl (C=O) groups excluding carboxylic acids is 2. The molecule has 8 aliphatic rings. The van der Waals surface area contributed by atoms with Gasteiger partial charge in [-0.3, -0.25) is 9.59 Å². The number of hydrogen-bond donors (Lipinski definition) is 1. The average molecular weight is 452 g/mol. The fraction of sp³-hybridized carbons (Fsp3) is 0.731. The molecule has 5 fully saturated rings. The van der Waals surface area contributed by atoms with Crippen LogP contribution in [0.5, 0.6) is 0 Å². The molecule has 1 N–H and O–H groups in total. The minimum atomic E-state index is -1.03. The topological polar surface area (TPSA) is 84.7 Å². The predicted molar refractivity (Wildman–Crippen MR) is 121 cm³/mol. The first-order chi connectivity index (χ1) is 15.5. The van der Waals surface area contributed by atoms with Gasteiger partial charge in [-0.15, -0.1) is 0 Å². The van der Waals surface area contributed by atoms with Crippen molar-refractivity contribution in [1.82, 2.24) is 10.2 Å². The molecule has 6 aliphatic heterocycles. The van der Waals surface area contributed by atoms with Crippen molar-refractivity contribution < 1.29 is 19.1 Å². The van der Waals surface area contributed by atoms with Gasteiger partial charge in [0.2, 0.25) is 5.91 Å². The van der Waals surface area contributed by atoms with E-state index in [0.29, 0.717) is 19.4 Å². The van der Waals surface area contributed by atoms with Crippen LogP contribution < -0.4 is 5.32 Å². The van der Waals surface area contributed by atoms with Crippen molar-refractivity contribution in [3.05, 3.63) is 29.0 Å². The zero-order valence-corrected chi connectivity index (χ0v) is 19.9. The Bertz CT molecular complexity index is 1100. The molecule has 0 radical (unpaired) electrons. The first-order valence-electron chi connectivity index (χ1n) is 12.6. The Morgan fingerprint density at radius 3 is 2.79 bits per heavy atom. The third kappa shape index (κ3) is 2.15. The van der Waals surface area contributed by atoms with Crippen molar-refractivity contribution in [2.45, 2.75) is 88.6 Å². The van der Waals surface area contributed by atoms with Crippen molar-refractivity contribution in [2.24, 2.45) is 23.2 Å². The number of nitrogens with zero attached hydrogens (tertiary/aromatic N) is 2. The maximum absolute atomic E-state index is 14.0. The van der Waals surface area contributed by atoms with Crippen LogP contribution in [0.25, 0.3) is 0 Å². The molecule has 2 aliphatic carbocycles. The zero-order chi connectivity index (χ0) is 23.1. The Morgan fingerprint density at radius 2 is 2.00 bits per heavy atom. The Balaban J connectivity index is 1.40. The average Bonchev–Trinajstić information content (AvgIpc) is 3.29. The molecule has 0 aromatic heterocycles. The Morgan fingerprint density at radius 1 is 1.21 bits per heavy atom. The maximum Gasteiger partial charge on any atom is 0.253 e. The highest BCUT2D eigenvalue weighted by atomic mass is 16.5. The number of rotatable bonds is 0. The van der Waals surface area contributed by atoms with E-state index in [2.05, 4.69) is 45.2 Å². The molecule has 2 spiro atoms. The Kier molecular flexibility index (Phi) is 3.51. The van der Waals surface area contributed by atoms with Crippen LogP contribution in [0.4, 0.5) is 0 Å². The minimum absolute atomic E-state index is 0.00460. The molecule has 7 atom stereocenters. The van der Waals surface area contributed by atoms with Crippen LogP contribution in [0, 0.1) is 28.4 Å². The van der Waals surface area contributed by atoms with Crippen molar-refractivity contribution >= 4 is 17.5 Å². The van der Waals surface area contributed by atoms with Crippen LogP contribution in [0.2, 0.25) is 0 Å². The van der Waals surface area contributed by atoms with E-state index in [-0.39, 0.29) is 47.3 Å². The van der Waals surface area contributed by atoms with Gasteiger partial charge in [0.25, 0.3) is 5.91 Å². The van der Waals surface area contributed by atoms with Crippen molar-refractivity contribution in [1.29, 1.82) is 0 Å². The summed E-state index contributed by atoms with van der Waals surface area (Å²) >= 11 is 0. The first kappa shape index (κ1) is 20.2. The molecule has 2 amide bonds. The molecular weight excluding hydrogens is 418 g/mol. The van der Waals surface area contributed by atoms with Gasteiger partial charge in [0.15, 0.2) is 11.8 Å². The lowest BCUT2D eigenvalue weighted by atomic mass is 9.51. The van der Waals surface area contributed by atoms with Crippen LogP contribution in [0.15, 0.2) is 23.8 Å². The number of hydroxylamine groups is 1. The molecule has 4 saturated heterocycles.